The molecule has 0 radical (unpaired) electrons. The zero-order chi connectivity index (χ0) is 24.4. The van der Waals surface area contributed by atoms with Crippen molar-refractivity contribution < 1.29 is 25.2 Å². The van der Waals surface area contributed by atoms with Crippen LogP contribution in [-0.4, -0.2) is 8.76 Å². The minimum absolute atomic E-state index is 0.580. The summed E-state index contributed by atoms with van der Waals surface area (Å²) in [6.45, 7) is 1.90. The van der Waals surface area contributed by atoms with Crippen molar-refractivity contribution >= 4 is 20.4 Å². The zero-order valence-corrected chi connectivity index (χ0v) is 19.7. The lowest BCUT2D eigenvalue weighted by Gasteiger charge is -2.26. The standard InChI is InChI=1S/C26H21F3O3S2/c1-20-16-18-23(19-17-20)33(21-10-4-2-5-11-21,22-12-6-3-7-13-22)32-34(30,31)25-15-9-8-14-24(25)26(27,28)29/h2-19H,1H3/p+1. The van der Waals surface area contributed by atoms with Gasteiger partial charge in [-0.2, -0.15) is 13.2 Å². The van der Waals surface area contributed by atoms with Gasteiger partial charge < -0.3 is 0 Å². The van der Waals surface area contributed by atoms with Gasteiger partial charge in [0.1, 0.15) is 0 Å². The van der Waals surface area contributed by atoms with E-state index in [1.165, 1.54) is 12.1 Å². The summed E-state index contributed by atoms with van der Waals surface area (Å²) in [5, 5.41) is 0. The molecule has 0 amide bonds. The van der Waals surface area contributed by atoms with Gasteiger partial charge in [-0.1, -0.05) is 66.2 Å². The van der Waals surface area contributed by atoms with Crippen molar-refractivity contribution in [3.05, 3.63) is 120 Å². The molecule has 0 saturated carbocycles. The molecule has 0 aliphatic carbocycles. The molecule has 0 aromatic heterocycles. The second-order valence-corrected chi connectivity index (χ2v) is 12.0. The highest BCUT2D eigenvalue weighted by molar-refractivity contribution is 8.30. The molecule has 1 atom stereocenters. The number of benzene rings is 4. The highest BCUT2D eigenvalue weighted by Crippen LogP contribution is 2.68. The molecule has 1 N–H and O–H groups in total. The fourth-order valence-corrected chi connectivity index (χ4v) is 9.05. The van der Waals surface area contributed by atoms with Crippen molar-refractivity contribution in [2.24, 2.45) is 0 Å². The van der Waals surface area contributed by atoms with Crippen LogP contribution in [0.15, 0.2) is 129 Å². The van der Waals surface area contributed by atoms with E-state index in [0.29, 0.717) is 14.7 Å². The molecule has 3 nitrogen and oxygen atoms in total. The van der Waals surface area contributed by atoms with Crippen molar-refractivity contribution in [1.82, 2.24) is 0 Å². The van der Waals surface area contributed by atoms with E-state index in [0.717, 1.165) is 17.7 Å². The Morgan fingerprint density at radius 3 is 1.62 bits per heavy atom. The number of rotatable bonds is 5. The van der Waals surface area contributed by atoms with E-state index in [1.807, 2.05) is 19.1 Å². The van der Waals surface area contributed by atoms with Gasteiger partial charge in [0.15, 0.2) is 15.2 Å². The number of hydrogen-bond donors (Lipinski definition) is 1. The molecule has 0 fully saturated rings. The topological polar surface area (TPSA) is 48.6 Å². The lowest BCUT2D eigenvalue weighted by Crippen LogP contribution is -2.15. The zero-order valence-electron chi connectivity index (χ0n) is 18.1. The maximum atomic E-state index is 13.7. The van der Waals surface area contributed by atoms with E-state index >= 15 is 0 Å². The molecule has 0 aliphatic heterocycles. The minimum Gasteiger partial charge on any atom is -0.241 e. The van der Waals surface area contributed by atoms with E-state index in [4.69, 9.17) is 3.29 Å². The summed E-state index contributed by atoms with van der Waals surface area (Å²) < 4.78 is 72.2. The van der Waals surface area contributed by atoms with Gasteiger partial charge in [0.25, 0.3) is 0 Å². The molecule has 0 bridgehead atoms. The largest absolute Gasteiger partial charge is 0.455 e. The van der Waals surface area contributed by atoms with Crippen LogP contribution in [-0.2, 0) is 19.6 Å². The molecular weight excluding hydrogens is 481 g/mol. The molecule has 0 spiro atoms. The van der Waals surface area contributed by atoms with Crippen LogP contribution < -0.4 is 0 Å². The summed E-state index contributed by atoms with van der Waals surface area (Å²) in [7, 11) is -7.53. The van der Waals surface area contributed by atoms with Crippen LogP contribution in [0.3, 0.4) is 0 Å². The van der Waals surface area contributed by atoms with Crippen LogP contribution >= 0.6 is 10.3 Å². The van der Waals surface area contributed by atoms with Crippen molar-refractivity contribution in [2.75, 3.05) is 0 Å². The Hall–Kier alpha value is -3.07. The van der Waals surface area contributed by atoms with Crippen LogP contribution in [0.4, 0.5) is 13.2 Å². The minimum atomic E-state index is -4.83. The fraction of sp³-hybridized carbons (Fsp3) is 0.0769. The predicted octanol–water partition coefficient (Wildman–Crippen LogP) is 7.91. The Morgan fingerprint density at radius 2 is 1.12 bits per heavy atom. The third-order valence-corrected chi connectivity index (χ3v) is 10.4. The Labute approximate surface area is 198 Å². The Kier molecular flexibility index (Phi) is 6.58. The fourth-order valence-electron chi connectivity index (χ4n) is 3.58. The van der Waals surface area contributed by atoms with Gasteiger partial charge in [-0.25, -0.2) is 4.55 Å². The molecule has 0 heterocycles. The maximum absolute atomic E-state index is 13.7. The lowest BCUT2D eigenvalue weighted by atomic mass is 10.2. The summed E-state index contributed by atoms with van der Waals surface area (Å²) in [5.74, 6) is 0. The third kappa shape index (κ3) is 4.61. The quantitative estimate of drug-likeness (QED) is 0.222. The van der Waals surface area contributed by atoms with Gasteiger partial charge in [0.2, 0.25) is 0 Å². The van der Waals surface area contributed by atoms with Gasteiger partial charge in [-0.15, -0.1) is 7.49 Å². The van der Waals surface area contributed by atoms with Gasteiger partial charge in [0.05, 0.1) is 20.2 Å². The number of hydrogen-bond acceptors (Lipinski definition) is 1. The van der Waals surface area contributed by atoms with Crippen molar-refractivity contribution in [2.45, 2.75) is 32.7 Å². The number of alkyl halides is 3. The van der Waals surface area contributed by atoms with Crippen molar-refractivity contribution in [3.63, 3.8) is 0 Å². The first-order valence-electron chi connectivity index (χ1n) is 10.3. The molecule has 8 heteroatoms. The van der Waals surface area contributed by atoms with E-state index in [-0.39, 0.29) is 0 Å². The van der Waals surface area contributed by atoms with Gasteiger partial charge in [-0.3, -0.25) is 0 Å². The third-order valence-electron chi connectivity index (χ3n) is 5.17. The summed E-state index contributed by atoms with van der Waals surface area (Å²) in [6, 6.07) is 29.2. The summed E-state index contributed by atoms with van der Waals surface area (Å²) in [4.78, 5) is 0.938. The Bertz CT molecular complexity index is 1360. The second kappa shape index (κ2) is 9.29. The van der Waals surface area contributed by atoms with Crippen LogP contribution in [0.5, 0.6) is 0 Å². The molecule has 0 saturated heterocycles. The van der Waals surface area contributed by atoms with E-state index in [2.05, 4.69) is 0 Å². The summed E-state index contributed by atoms with van der Waals surface area (Å²) in [6.07, 6.45) is -4.83. The Morgan fingerprint density at radius 1 is 0.676 bits per heavy atom. The average molecular weight is 504 g/mol. The van der Waals surface area contributed by atoms with Gasteiger partial charge >= 0.3 is 16.3 Å². The molecule has 0 aliphatic rings. The van der Waals surface area contributed by atoms with Gasteiger partial charge in [-0.05, 0) is 55.5 Å². The molecular formula is C26H22F3O3S2+. The molecule has 1 unspecified atom stereocenters. The van der Waals surface area contributed by atoms with Crippen LogP contribution in [0.25, 0.3) is 0 Å². The maximum Gasteiger partial charge on any atom is 0.455 e. The lowest BCUT2D eigenvalue weighted by molar-refractivity contribution is -0.140. The first kappa shape index (κ1) is 24.1. The molecule has 176 valence electrons. The molecule has 4 aromatic carbocycles. The molecule has 4 rings (SSSR count). The number of halogens is 3. The highest BCUT2D eigenvalue weighted by Gasteiger charge is 2.47. The SMILES string of the molecule is Cc1ccc(S([O+]=S(=O)(O)c2ccccc2C(F)(F)F)(c2ccccc2)c2ccccc2)cc1. The monoisotopic (exact) mass is 503 g/mol. The normalized spacial score (nSPS) is 14.3. The average Bonchev–Trinajstić information content (AvgIpc) is 2.84. The van der Waals surface area contributed by atoms with E-state index in [1.54, 1.807) is 72.8 Å². The summed E-state index contributed by atoms with van der Waals surface area (Å²) >= 11 is 0. The van der Waals surface area contributed by atoms with E-state index in [9.17, 15) is 21.9 Å². The molecule has 4 aromatic rings. The smallest absolute Gasteiger partial charge is 0.241 e. The molecule has 34 heavy (non-hydrogen) atoms. The second-order valence-electron chi connectivity index (χ2n) is 7.53. The van der Waals surface area contributed by atoms with Crippen molar-refractivity contribution in [1.29, 1.82) is 0 Å². The first-order chi connectivity index (χ1) is 16.1. The van der Waals surface area contributed by atoms with Crippen LogP contribution in [0.2, 0.25) is 0 Å². The number of aryl methyl sites for hydroxylation is 1. The predicted molar refractivity (Wildman–Crippen MR) is 128 cm³/mol. The van der Waals surface area contributed by atoms with Crippen LogP contribution in [0, 0.1) is 6.92 Å². The van der Waals surface area contributed by atoms with Crippen LogP contribution in [0.1, 0.15) is 11.1 Å². The first-order valence-corrected chi connectivity index (χ1v) is 13.3. The van der Waals surface area contributed by atoms with Gasteiger partial charge in [0, 0.05) is 0 Å². The van der Waals surface area contributed by atoms with E-state index < -0.39 is 37.1 Å². The van der Waals surface area contributed by atoms with Crippen molar-refractivity contribution in [3.8, 4) is 0 Å². The Balaban J connectivity index is 2.14. The highest BCUT2D eigenvalue weighted by atomic mass is 32.3. The summed E-state index contributed by atoms with van der Waals surface area (Å²) in [5.41, 5.74) is -0.244.